The van der Waals surface area contributed by atoms with Crippen molar-refractivity contribution in [3.8, 4) is 0 Å². The molecule has 3 nitrogen and oxygen atoms in total. The van der Waals surface area contributed by atoms with Crippen LogP contribution in [0, 0.1) is 0 Å². The lowest BCUT2D eigenvalue weighted by Crippen LogP contribution is -1.86. The molecule has 0 spiro atoms. The predicted octanol–water partition coefficient (Wildman–Crippen LogP) is -0.748. The van der Waals surface area contributed by atoms with Crippen molar-refractivity contribution in [1.29, 1.82) is 0 Å². The second-order valence-electron chi connectivity index (χ2n) is 0.707. The van der Waals surface area contributed by atoms with Crippen molar-refractivity contribution in [2.75, 3.05) is 6.61 Å². The highest BCUT2D eigenvalue weighted by Crippen LogP contribution is 1.69. The number of aliphatic hydroxyl groups is 2. The Morgan fingerprint density at radius 3 is 2.33 bits per heavy atom. The fraction of sp³-hybridized carbons (Fsp3) is 0.333. The van der Waals surface area contributed by atoms with Crippen molar-refractivity contribution in [1.82, 2.24) is 0 Å². The maximum absolute atomic E-state index is 9.16. The Balaban J connectivity index is 3.52. The Morgan fingerprint density at radius 1 is 1.83 bits per heavy atom. The normalized spacial score (nSPS) is 6.83. The Morgan fingerprint density at radius 2 is 2.33 bits per heavy atom. The van der Waals surface area contributed by atoms with E-state index in [2.05, 4.69) is 0 Å². The Bertz CT molecular complexity index is 80.0. The van der Waals surface area contributed by atoms with Crippen LogP contribution in [0.1, 0.15) is 0 Å². The molecular formula is C3H4O3. The average molecular weight is 88.1 g/mol. The van der Waals surface area contributed by atoms with Crippen molar-refractivity contribution in [3.05, 3.63) is 5.76 Å². The number of hydrogen-bond donors (Lipinski definition) is 2. The highest BCUT2D eigenvalue weighted by Gasteiger charge is 1.81. The average Bonchev–Trinajstić information content (AvgIpc) is 1.65. The topological polar surface area (TPSA) is 57.5 Å². The van der Waals surface area contributed by atoms with E-state index in [9.17, 15) is 0 Å². The zero-order valence-corrected chi connectivity index (χ0v) is 3.01. The lowest BCUT2D eigenvalue weighted by Gasteiger charge is -1.77. The van der Waals surface area contributed by atoms with Gasteiger partial charge in [0.25, 0.3) is 0 Å². The molecule has 0 heterocycles. The van der Waals surface area contributed by atoms with Gasteiger partial charge in [0.15, 0.2) is 5.94 Å². The summed E-state index contributed by atoms with van der Waals surface area (Å²) in [5, 5.41) is 15.7. The van der Waals surface area contributed by atoms with Crippen LogP contribution in [0.2, 0.25) is 0 Å². The molecule has 0 radical (unpaired) electrons. The molecule has 0 aromatic rings. The van der Waals surface area contributed by atoms with Crippen molar-refractivity contribution >= 4 is 5.94 Å². The second kappa shape index (κ2) is 2.45. The van der Waals surface area contributed by atoms with Gasteiger partial charge in [-0.25, -0.2) is 4.79 Å². The van der Waals surface area contributed by atoms with Gasteiger partial charge in [-0.2, -0.15) is 0 Å². The first-order valence-corrected chi connectivity index (χ1v) is 1.35. The van der Waals surface area contributed by atoms with Gasteiger partial charge < -0.3 is 10.2 Å². The maximum Gasteiger partial charge on any atom is 0.202 e. The molecule has 0 rings (SSSR count). The van der Waals surface area contributed by atoms with E-state index in [1.165, 1.54) is 0 Å². The smallest absolute Gasteiger partial charge is 0.202 e. The van der Waals surface area contributed by atoms with E-state index in [-0.39, 0.29) is 0 Å². The van der Waals surface area contributed by atoms with Crippen molar-refractivity contribution in [3.63, 3.8) is 0 Å². The highest BCUT2D eigenvalue weighted by atomic mass is 16.3. The molecular weight excluding hydrogens is 84.0 g/mol. The van der Waals surface area contributed by atoms with Gasteiger partial charge in [0.2, 0.25) is 5.76 Å². The third-order valence-electron chi connectivity index (χ3n) is 0.268. The fourth-order valence-corrected chi connectivity index (χ4v) is 0.0323. The summed E-state index contributed by atoms with van der Waals surface area (Å²) >= 11 is 0. The van der Waals surface area contributed by atoms with E-state index in [1.807, 2.05) is 0 Å². The number of carbonyl (C=O) groups excluding carboxylic acids is 1. The first-order chi connectivity index (χ1) is 2.81. The van der Waals surface area contributed by atoms with Crippen molar-refractivity contribution < 1.29 is 15.0 Å². The zero-order chi connectivity index (χ0) is 4.99. The Kier molecular flexibility index (Phi) is 2.13. The summed E-state index contributed by atoms with van der Waals surface area (Å²) in [6.45, 7) is -0.622. The van der Waals surface area contributed by atoms with Gasteiger partial charge in [-0.05, 0) is 0 Å². The van der Waals surface area contributed by atoms with Crippen LogP contribution in [0.3, 0.4) is 0 Å². The van der Waals surface area contributed by atoms with Gasteiger partial charge in [-0.15, -0.1) is 0 Å². The Labute approximate surface area is 34.5 Å². The molecule has 0 atom stereocenters. The molecule has 0 aliphatic carbocycles. The van der Waals surface area contributed by atoms with E-state index in [4.69, 9.17) is 15.0 Å². The minimum Gasteiger partial charge on any atom is -0.500 e. The summed E-state index contributed by atoms with van der Waals surface area (Å²) in [5.74, 6) is 0.429. The molecule has 0 aliphatic heterocycles. The van der Waals surface area contributed by atoms with Crippen LogP contribution in [0.4, 0.5) is 0 Å². The minimum atomic E-state index is -0.657. The maximum atomic E-state index is 9.16. The van der Waals surface area contributed by atoms with Crippen LogP contribution < -0.4 is 0 Å². The first-order valence-electron chi connectivity index (χ1n) is 1.35. The summed E-state index contributed by atoms with van der Waals surface area (Å²) < 4.78 is 0. The minimum absolute atomic E-state index is 0.622. The summed E-state index contributed by atoms with van der Waals surface area (Å²) in [6, 6.07) is 0. The standard InChI is InChI=1S/C3H4O3/c4-1-3(6)2-5/h4,6H,1H2. The third kappa shape index (κ3) is 1.52. The monoisotopic (exact) mass is 88.0 g/mol. The van der Waals surface area contributed by atoms with Crippen LogP contribution in [-0.4, -0.2) is 22.8 Å². The number of rotatable bonds is 1. The van der Waals surface area contributed by atoms with Gasteiger partial charge in [0.1, 0.15) is 6.61 Å². The SMILES string of the molecule is O=C=C(O)CO. The molecule has 0 saturated carbocycles. The largest absolute Gasteiger partial charge is 0.500 e. The van der Waals surface area contributed by atoms with Crippen LogP contribution in [0.15, 0.2) is 5.76 Å². The predicted molar refractivity (Wildman–Crippen MR) is 18.9 cm³/mol. The molecule has 6 heavy (non-hydrogen) atoms. The fourth-order valence-electron chi connectivity index (χ4n) is 0.0323. The molecule has 0 bridgehead atoms. The van der Waals surface area contributed by atoms with Crippen molar-refractivity contribution in [2.45, 2.75) is 0 Å². The summed E-state index contributed by atoms with van der Waals surface area (Å²) in [7, 11) is 0. The molecule has 0 fully saturated rings. The van der Waals surface area contributed by atoms with Crippen molar-refractivity contribution in [2.24, 2.45) is 0 Å². The lowest BCUT2D eigenvalue weighted by molar-refractivity contribution is 0.256. The van der Waals surface area contributed by atoms with Gasteiger partial charge >= 0.3 is 0 Å². The molecule has 2 N–H and O–H groups in total. The van der Waals surface area contributed by atoms with Gasteiger partial charge in [0.05, 0.1) is 0 Å². The van der Waals surface area contributed by atoms with Gasteiger partial charge in [0, 0.05) is 0 Å². The van der Waals surface area contributed by atoms with Gasteiger partial charge in [-0.1, -0.05) is 0 Å². The van der Waals surface area contributed by atoms with E-state index < -0.39 is 12.4 Å². The van der Waals surface area contributed by atoms with Crippen LogP contribution in [0.25, 0.3) is 0 Å². The summed E-state index contributed by atoms with van der Waals surface area (Å²) in [5.41, 5.74) is 0. The molecule has 0 unspecified atom stereocenters. The molecule has 0 aromatic heterocycles. The zero-order valence-electron chi connectivity index (χ0n) is 3.01. The molecule has 0 amide bonds. The van der Waals surface area contributed by atoms with E-state index >= 15 is 0 Å². The first kappa shape index (κ1) is 5.21. The number of aliphatic hydroxyl groups excluding tert-OH is 2. The molecule has 0 aromatic carbocycles. The van der Waals surface area contributed by atoms with E-state index in [1.54, 1.807) is 0 Å². The van der Waals surface area contributed by atoms with Gasteiger partial charge in [-0.3, -0.25) is 0 Å². The van der Waals surface area contributed by atoms with Crippen LogP contribution in [0.5, 0.6) is 0 Å². The Hall–Kier alpha value is -0.790. The van der Waals surface area contributed by atoms with E-state index in [0.29, 0.717) is 0 Å². The lowest BCUT2D eigenvalue weighted by atomic mass is 10.6. The summed E-state index contributed by atoms with van der Waals surface area (Å²) in [6.07, 6.45) is 0. The summed E-state index contributed by atoms with van der Waals surface area (Å²) in [4.78, 5) is 9.16. The van der Waals surface area contributed by atoms with Crippen LogP contribution in [-0.2, 0) is 4.79 Å². The second-order valence-corrected chi connectivity index (χ2v) is 0.707. The molecule has 34 valence electrons. The number of hydrogen-bond acceptors (Lipinski definition) is 3. The van der Waals surface area contributed by atoms with E-state index in [0.717, 1.165) is 5.94 Å². The molecule has 0 aliphatic rings. The quantitative estimate of drug-likeness (QED) is 0.327. The van der Waals surface area contributed by atoms with Crippen LogP contribution >= 0.6 is 0 Å². The highest BCUT2D eigenvalue weighted by molar-refractivity contribution is 5.48. The third-order valence-corrected chi connectivity index (χ3v) is 0.268. The molecule has 3 heteroatoms. The molecule has 0 saturated heterocycles.